The molecule has 3 unspecified atom stereocenters. The van der Waals surface area contributed by atoms with E-state index in [4.69, 9.17) is 0 Å². The second kappa shape index (κ2) is 4.25. The van der Waals surface area contributed by atoms with Gasteiger partial charge in [0.1, 0.15) is 0 Å². The Kier molecular flexibility index (Phi) is 3.01. The third-order valence-corrected chi connectivity index (χ3v) is 3.31. The monoisotopic (exact) mass is 181 g/mol. The fraction of sp³-hybridized carbons (Fsp3) is 0.818. The largest absolute Gasteiger partial charge is 0.393 e. The number of hydrogen-bond acceptors (Lipinski definition) is 2. The molecule has 0 saturated heterocycles. The van der Waals surface area contributed by atoms with Crippen LogP contribution in [0.3, 0.4) is 0 Å². The van der Waals surface area contributed by atoms with Crippen molar-refractivity contribution in [3.8, 4) is 0 Å². The first-order chi connectivity index (χ1) is 6.38. The maximum absolute atomic E-state index is 9.94. The van der Waals surface area contributed by atoms with E-state index in [1.54, 1.807) is 0 Å². The van der Waals surface area contributed by atoms with Crippen molar-refractivity contribution in [1.29, 1.82) is 0 Å². The van der Waals surface area contributed by atoms with Crippen LogP contribution in [0.15, 0.2) is 12.2 Å². The van der Waals surface area contributed by atoms with Crippen LogP contribution in [0.4, 0.5) is 0 Å². The molecule has 2 aliphatic rings. The molecule has 0 aromatic carbocycles. The molecule has 13 heavy (non-hydrogen) atoms. The number of nitrogens with one attached hydrogen (secondary N) is 1. The van der Waals surface area contributed by atoms with Crippen LogP contribution in [-0.2, 0) is 0 Å². The van der Waals surface area contributed by atoms with Crippen LogP contribution in [0.25, 0.3) is 0 Å². The van der Waals surface area contributed by atoms with Crippen LogP contribution in [0.2, 0.25) is 0 Å². The molecule has 1 aliphatic heterocycles. The van der Waals surface area contributed by atoms with Crippen LogP contribution in [0, 0.1) is 5.92 Å². The van der Waals surface area contributed by atoms with Gasteiger partial charge in [-0.25, -0.2) is 0 Å². The minimum Gasteiger partial charge on any atom is -0.393 e. The Hall–Kier alpha value is -0.340. The van der Waals surface area contributed by atoms with Gasteiger partial charge >= 0.3 is 0 Å². The van der Waals surface area contributed by atoms with Crippen molar-refractivity contribution in [2.24, 2.45) is 5.92 Å². The normalized spacial score (nSPS) is 40.5. The molecule has 2 nitrogen and oxygen atoms in total. The summed E-state index contributed by atoms with van der Waals surface area (Å²) in [6.45, 7) is 0.980. The number of rotatable bonds is 1. The van der Waals surface area contributed by atoms with Gasteiger partial charge in [0.2, 0.25) is 0 Å². The molecule has 2 N–H and O–H groups in total. The topological polar surface area (TPSA) is 32.3 Å². The van der Waals surface area contributed by atoms with E-state index in [-0.39, 0.29) is 6.10 Å². The van der Waals surface area contributed by atoms with Gasteiger partial charge in [0.15, 0.2) is 0 Å². The van der Waals surface area contributed by atoms with Crippen molar-refractivity contribution in [2.45, 2.75) is 44.2 Å². The molecule has 2 heteroatoms. The standard InChI is InChI=1S/C11H19NO/c13-11-7-3-1-2-5-9(11)10-6-4-8-12-10/h4,6,9-13H,1-3,5,7-8H2. The average molecular weight is 181 g/mol. The fourth-order valence-electron chi connectivity index (χ4n) is 2.52. The van der Waals surface area contributed by atoms with Crippen molar-refractivity contribution in [2.75, 3.05) is 6.54 Å². The first-order valence-corrected chi connectivity index (χ1v) is 5.46. The molecule has 0 bridgehead atoms. The highest BCUT2D eigenvalue weighted by Gasteiger charge is 2.28. The van der Waals surface area contributed by atoms with Crippen molar-refractivity contribution >= 4 is 0 Å². The van der Waals surface area contributed by atoms with Crippen molar-refractivity contribution in [3.05, 3.63) is 12.2 Å². The minimum absolute atomic E-state index is 0.0808. The smallest absolute Gasteiger partial charge is 0.0586 e. The van der Waals surface area contributed by atoms with Crippen LogP contribution >= 0.6 is 0 Å². The fourth-order valence-corrected chi connectivity index (χ4v) is 2.52. The molecule has 3 atom stereocenters. The Morgan fingerprint density at radius 2 is 2.00 bits per heavy atom. The summed E-state index contributed by atoms with van der Waals surface area (Å²) < 4.78 is 0. The van der Waals surface area contributed by atoms with Gasteiger partial charge in [0.05, 0.1) is 6.10 Å². The van der Waals surface area contributed by atoms with Gasteiger partial charge < -0.3 is 10.4 Å². The zero-order valence-electron chi connectivity index (χ0n) is 8.08. The summed E-state index contributed by atoms with van der Waals surface area (Å²) in [5.41, 5.74) is 0. The second-order valence-corrected chi connectivity index (χ2v) is 4.23. The van der Waals surface area contributed by atoms with E-state index < -0.39 is 0 Å². The molecule has 0 amide bonds. The lowest BCUT2D eigenvalue weighted by Crippen LogP contribution is -2.37. The molecule has 1 heterocycles. The molecule has 1 aliphatic carbocycles. The highest BCUT2D eigenvalue weighted by molar-refractivity contribution is 5.06. The maximum atomic E-state index is 9.94. The highest BCUT2D eigenvalue weighted by Crippen LogP contribution is 2.27. The van der Waals surface area contributed by atoms with Gasteiger partial charge in [0.25, 0.3) is 0 Å². The Morgan fingerprint density at radius 1 is 1.15 bits per heavy atom. The van der Waals surface area contributed by atoms with Crippen LogP contribution in [-0.4, -0.2) is 23.8 Å². The molecular weight excluding hydrogens is 162 g/mol. The lowest BCUT2D eigenvalue weighted by Gasteiger charge is -2.25. The second-order valence-electron chi connectivity index (χ2n) is 4.23. The van der Waals surface area contributed by atoms with Crippen LogP contribution in [0.1, 0.15) is 32.1 Å². The van der Waals surface area contributed by atoms with E-state index in [0.717, 1.165) is 13.0 Å². The minimum atomic E-state index is -0.0808. The van der Waals surface area contributed by atoms with E-state index >= 15 is 0 Å². The van der Waals surface area contributed by atoms with Gasteiger partial charge in [-0.15, -0.1) is 0 Å². The van der Waals surface area contributed by atoms with Gasteiger partial charge in [-0.05, 0) is 12.8 Å². The summed E-state index contributed by atoms with van der Waals surface area (Å²) in [5, 5.41) is 13.3. The first-order valence-electron chi connectivity index (χ1n) is 5.46. The van der Waals surface area contributed by atoms with E-state index in [0.29, 0.717) is 12.0 Å². The van der Waals surface area contributed by atoms with E-state index in [9.17, 15) is 5.11 Å². The lowest BCUT2D eigenvalue weighted by atomic mass is 9.90. The molecular formula is C11H19NO. The van der Waals surface area contributed by atoms with E-state index in [1.807, 2.05) is 0 Å². The summed E-state index contributed by atoms with van der Waals surface area (Å²) in [6.07, 6.45) is 10.3. The van der Waals surface area contributed by atoms with Crippen molar-refractivity contribution in [1.82, 2.24) is 5.32 Å². The summed E-state index contributed by atoms with van der Waals surface area (Å²) in [7, 11) is 0. The molecule has 0 spiro atoms. The third-order valence-electron chi connectivity index (χ3n) is 3.31. The van der Waals surface area contributed by atoms with Crippen molar-refractivity contribution in [3.63, 3.8) is 0 Å². The Balaban J connectivity index is 1.97. The third kappa shape index (κ3) is 2.12. The summed E-state index contributed by atoms with van der Waals surface area (Å²) in [4.78, 5) is 0. The maximum Gasteiger partial charge on any atom is 0.0586 e. The molecule has 0 aromatic rings. The predicted octanol–water partition coefficient (Wildman–Crippen LogP) is 1.46. The first kappa shape index (κ1) is 9.22. The molecule has 0 aromatic heterocycles. The zero-order chi connectivity index (χ0) is 9.10. The van der Waals surface area contributed by atoms with Gasteiger partial charge in [0, 0.05) is 18.5 Å². The molecule has 1 saturated carbocycles. The lowest BCUT2D eigenvalue weighted by molar-refractivity contribution is 0.0892. The molecule has 74 valence electrons. The van der Waals surface area contributed by atoms with Gasteiger partial charge in [-0.2, -0.15) is 0 Å². The molecule has 0 radical (unpaired) electrons. The van der Waals surface area contributed by atoms with Crippen LogP contribution < -0.4 is 5.32 Å². The summed E-state index contributed by atoms with van der Waals surface area (Å²) in [6, 6.07) is 0.438. The predicted molar refractivity (Wildman–Crippen MR) is 53.5 cm³/mol. The molecule has 2 rings (SSSR count). The number of aliphatic hydroxyl groups excluding tert-OH is 1. The quantitative estimate of drug-likeness (QED) is 0.474. The zero-order valence-corrected chi connectivity index (χ0v) is 8.08. The SMILES string of the molecule is OC1CCCCCC1C1C=CCN1. The number of hydrogen-bond donors (Lipinski definition) is 2. The Labute approximate surface area is 80.0 Å². The number of aliphatic hydroxyl groups is 1. The summed E-state index contributed by atoms with van der Waals surface area (Å²) >= 11 is 0. The van der Waals surface area contributed by atoms with Crippen molar-refractivity contribution < 1.29 is 5.11 Å². The summed E-state index contributed by atoms with van der Waals surface area (Å²) in [5.74, 6) is 0.459. The average Bonchev–Trinajstić information content (AvgIpc) is 2.56. The Bertz CT molecular complexity index is 191. The van der Waals surface area contributed by atoms with E-state index in [2.05, 4.69) is 17.5 Å². The molecule has 1 fully saturated rings. The Morgan fingerprint density at radius 3 is 2.77 bits per heavy atom. The van der Waals surface area contributed by atoms with E-state index in [1.165, 1.54) is 25.7 Å². The van der Waals surface area contributed by atoms with Crippen LogP contribution in [0.5, 0.6) is 0 Å². The van der Waals surface area contributed by atoms with Gasteiger partial charge in [-0.3, -0.25) is 0 Å². The highest BCUT2D eigenvalue weighted by atomic mass is 16.3. The van der Waals surface area contributed by atoms with Gasteiger partial charge in [-0.1, -0.05) is 31.4 Å².